The second-order valence-electron chi connectivity index (χ2n) is 6.84. The Balaban J connectivity index is 1.59. The standard InChI is InChI=1S/C19H22ClFN2O/c1-19(14-24-16-5-8-22-9-6-16)7-2-10-23(13-19)12-15-3-4-17(20)18(21)11-15/h3-6,8-9,11H,2,7,10,12-14H2,1H3/t19-/m0/s1. The van der Waals surface area contributed by atoms with Gasteiger partial charge in [0.05, 0.1) is 11.6 Å². The van der Waals surface area contributed by atoms with Crippen LogP contribution < -0.4 is 4.74 Å². The molecule has 1 aliphatic rings. The highest BCUT2D eigenvalue weighted by atomic mass is 35.5. The van der Waals surface area contributed by atoms with Gasteiger partial charge in [-0.1, -0.05) is 24.6 Å². The minimum absolute atomic E-state index is 0.0898. The van der Waals surface area contributed by atoms with Crippen LogP contribution in [0.5, 0.6) is 5.75 Å². The third kappa shape index (κ3) is 4.46. The average Bonchev–Trinajstić information content (AvgIpc) is 2.58. The van der Waals surface area contributed by atoms with E-state index in [0.717, 1.165) is 43.8 Å². The second kappa shape index (κ2) is 7.49. The minimum Gasteiger partial charge on any atom is -0.493 e. The first-order valence-electron chi connectivity index (χ1n) is 8.23. The maximum atomic E-state index is 13.6. The molecule has 24 heavy (non-hydrogen) atoms. The molecule has 1 aliphatic heterocycles. The Labute approximate surface area is 147 Å². The number of hydrogen-bond donors (Lipinski definition) is 0. The van der Waals surface area contributed by atoms with Crippen molar-refractivity contribution in [3.05, 3.63) is 59.1 Å². The van der Waals surface area contributed by atoms with Crippen LogP contribution in [-0.4, -0.2) is 29.6 Å². The lowest BCUT2D eigenvalue weighted by Gasteiger charge is -2.40. The second-order valence-corrected chi connectivity index (χ2v) is 7.25. The molecule has 2 heterocycles. The fraction of sp³-hybridized carbons (Fsp3) is 0.421. The fourth-order valence-electron chi connectivity index (χ4n) is 3.27. The van der Waals surface area contributed by atoms with E-state index in [4.69, 9.17) is 16.3 Å². The normalized spacial score (nSPS) is 21.6. The smallest absolute Gasteiger partial charge is 0.142 e. The largest absolute Gasteiger partial charge is 0.493 e. The quantitative estimate of drug-likeness (QED) is 0.792. The van der Waals surface area contributed by atoms with Crippen molar-refractivity contribution in [2.24, 2.45) is 5.41 Å². The van der Waals surface area contributed by atoms with Gasteiger partial charge in [-0.2, -0.15) is 0 Å². The van der Waals surface area contributed by atoms with Crippen LogP contribution in [0.15, 0.2) is 42.7 Å². The van der Waals surface area contributed by atoms with Crippen molar-refractivity contribution >= 4 is 11.6 Å². The van der Waals surface area contributed by atoms with Gasteiger partial charge in [0.25, 0.3) is 0 Å². The predicted octanol–water partition coefficient (Wildman–Crippen LogP) is 4.56. The fourth-order valence-corrected chi connectivity index (χ4v) is 3.39. The van der Waals surface area contributed by atoms with E-state index in [1.165, 1.54) is 6.07 Å². The van der Waals surface area contributed by atoms with Crippen molar-refractivity contribution in [1.29, 1.82) is 0 Å². The number of aromatic nitrogens is 1. The molecule has 1 atom stereocenters. The van der Waals surface area contributed by atoms with E-state index >= 15 is 0 Å². The number of hydrogen-bond acceptors (Lipinski definition) is 3. The summed E-state index contributed by atoms with van der Waals surface area (Å²) in [5.41, 5.74) is 1.04. The molecule has 1 saturated heterocycles. The summed E-state index contributed by atoms with van der Waals surface area (Å²) < 4.78 is 19.6. The Bertz CT molecular complexity index is 682. The number of piperidine rings is 1. The predicted molar refractivity (Wildman–Crippen MR) is 93.8 cm³/mol. The van der Waals surface area contributed by atoms with Crippen LogP contribution in [0.1, 0.15) is 25.3 Å². The SMILES string of the molecule is C[C@]1(COc2ccncc2)CCCN(Cc2ccc(Cl)c(F)c2)C1. The number of likely N-dealkylation sites (tertiary alicyclic amines) is 1. The van der Waals surface area contributed by atoms with Crippen molar-refractivity contribution in [2.45, 2.75) is 26.3 Å². The van der Waals surface area contributed by atoms with Crippen molar-refractivity contribution in [1.82, 2.24) is 9.88 Å². The van der Waals surface area contributed by atoms with Crippen molar-refractivity contribution in [2.75, 3.05) is 19.7 Å². The van der Waals surface area contributed by atoms with Gasteiger partial charge in [-0.05, 0) is 49.2 Å². The Kier molecular flexibility index (Phi) is 5.36. The van der Waals surface area contributed by atoms with E-state index in [0.29, 0.717) is 6.61 Å². The maximum absolute atomic E-state index is 13.6. The molecule has 0 saturated carbocycles. The molecule has 3 nitrogen and oxygen atoms in total. The summed E-state index contributed by atoms with van der Waals surface area (Å²) in [4.78, 5) is 6.36. The van der Waals surface area contributed by atoms with Gasteiger partial charge in [0.15, 0.2) is 0 Å². The minimum atomic E-state index is -0.352. The molecular weight excluding hydrogens is 327 g/mol. The molecule has 0 amide bonds. The average molecular weight is 349 g/mol. The van der Waals surface area contributed by atoms with E-state index in [2.05, 4.69) is 16.8 Å². The van der Waals surface area contributed by atoms with E-state index < -0.39 is 0 Å². The third-order valence-corrected chi connectivity index (χ3v) is 4.79. The van der Waals surface area contributed by atoms with Crippen LogP contribution in [0.4, 0.5) is 4.39 Å². The van der Waals surface area contributed by atoms with E-state index in [1.54, 1.807) is 18.5 Å². The lowest BCUT2D eigenvalue weighted by molar-refractivity contribution is 0.0522. The Morgan fingerprint density at radius 2 is 2.08 bits per heavy atom. The first kappa shape index (κ1) is 17.2. The molecule has 1 aromatic carbocycles. The van der Waals surface area contributed by atoms with Gasteiger partial charge in [0.1, 0.15) is 11.6 Å². The molecule has 0 unspecified atom stereocenters. The van der Waals surface area contributed by atoms with Crippen molar-refractivity contribution < 1.29 is 9.13 Å². The molecule has 0 bridgehead atoms. The highest BCUT2D eigenvalue weighted by Gasteiger charge is 2.31. The molecule has 0 radical (unpaired) electrons. The molecule has 5 heteroatoms. The number of halogens is 2. The van der Waals surface area contributed by atoms with Gasteiger partial charge in [-0.3, -0.25) is 9.88 Å². The molecule has 1 aromatic heterocycles. The Morgan fingerprint density at radius 3 is 2.83 bits per heavy atom. The molecule has 0 N–H and O–H groups in total. The van der Waals surface area contributed by atoms with E-state index in [1.807, 2.05) is 18.2 Å². The zero-order chi connectivity index (χ0) is 17.0. The van der Waals surface area contributed by atoms with E-state index in [-0.39, 0.29) is 16.3 Å². The highest BCUT2D eigenvalue weighted by molar-refractivity contribution is 6.30. The summed E-state index contributed by atoms with van der Waals surface area (Å²) in [6.45, 7) is 5.61. The lowest BCUT2D eigenvalue weighted by atomic mass is 9.82. The van der Waals surface area contributed by atoms with Gasteiger partial charge < -0.3 is 4.74 Å². The molecule has 3 rings (SSSR count). The third-order valence-electron chi connectivity index (χ3n) is 4.49. The van der Waals surface area contributed by atoms with Crippen LogP contribution in [-0.2, 0) is 6.54 Å². The molecule has 128 valence electrons. The van der Waals surface area contributed by atoms with Gasteiger partial charge in [-0.25, -0.2) is 4.39 Å². The van der Waals surface area contributed by atoms with Crippen LogP contribution in [0.25, 0.3) is 0 Å². The summed E-state index contributed by atoms with van der Waals surface area (Å²) in [7, 11) is 0. The zero-order valence-corrected chi connectivity index (χ0v) is 14.6. The first-order valence-corrected chi connectivity index (χ1v) is 8.61. The van der Waals surface area contributed by atoms with Gasteiger partial charge >= 0.3 is 0 Å². The number of benzene rings is 1. The monoisotopic (exact) mass is 348 g/mol. The van der Waals surface area contributed by atoms with Crippen LogP contribution in [0.3, 0.4) is 0 Å². The zero-order valence-electron chi connectivity index (χ0n) is 13.8. The summed E-state index contributed by atoms with van der Waals surface area (Å²) in [5.74, 6) is 0.498. The topological polar surface area (TPSA) is 25.4 Å². The Hall–Kier alpha value is -1.65. The Morgan fingerprint density at radius 1 is 1.29 bits per heavy atom. The molecule has 0 spiro atoms. The van der Waals surface area contributed by atoms with Crippen molar-refractivity contribution in [3.8, 4) is 5.75 Å². The molecule has 0 aliphatic carbocycles. The van der Waals surface area contributed by atoms with Crippen LogP contribution >= 0.6 is 11.6 Å². The maximum Gasteiger partial charge on any atom is 0.142 e. The lowest BCUT2D eigenvalue weighted by Crippen LogP contribution is -2.44. The summed E-state index contributed by atoms with van der Waals surface area (Å²) in [6, 6.07) is 8.80. The number of pyridine rings is 1. The number of ether oxygens (including phenoxy) is 1. The number of rotatable bonds is 5. The molecular formula is C19H22ClFN2O. The number of nitrogens with zero attached hydrogens (tertiary/aromatic N) is 2. The van der Waals surface area contributed by atoms with Gasteiger partial charge in [0.2, 0.25) is 0 Å². The summed E-state index contributed by atoms with van der Waals surface area (Å²) in [6.07, 6.45) is 5.72. The van der Waals surface area contributed by atoms with Gasteiger partial charge in [0, 0.05) is 30.9 Å². The summed E-state index contributed by atoms with van der Waals surface area (Å²) in [5, 5.41) is 0.174. The van der Waals surface area contributed by atoms with Crippen LogP contribution in [0, 0.1) is 11.2 Å². The van der Waals surface area contributed by atoms with E-state index in [9.17, 15) is 4.39 Å². The molecule has 1 fully saturated rings. The van der Waals surface area contributed by atoms with Gasteiger partial charge in [-0.15, -0.1) is 0 Å². The molecule has 2 aromatic rings. The highest BCUT2D eigenvalue weighted by Crippen LogP contribution is 2.31. The first-order chi connectivity index (χ1) is 11.5. The summed E-state index contributed by atoms with van der Waals surface area (Å²) >= 11 is 5.76. The van der Waals surface area contributed by atoms with Crippen LogP contribution in [0.2, 0.25) is 5.02 Å². The van der Waals surface area contributed by atoms with Crippen molar-refractivity contribution in [3.63, 3.8) is 0 Å².